The van der Waals surface area contributed by atoms with Crippen LogP contribution in [0.25, 0.3) is 11.1 Å². The minimum Gasteiger partial charge on any atom is -0.338 e. The molecule has 0 radical (unpaired) electrons. The largest absolute Gasteiger partial charge is 0.338 e. The number of nitrogens with one attached hydrogen (secondary N) is 1. The van der Waals surface area contributed by atoms with Crippen LogP contribution in [0.5, 0.6) is 0 Å². The topological polar surface area (TPSA) is 111 Å². The first kappa shape index (κ1) is 23.7. The number of hydrogen-bond donors (Lipinski definition) is 1. The van der Waals surface area contributed by atoms with Crippen LogP contribution in [0.15, 0.2) is 90.4 Å². The molecular formula is C24H20BrN3O5S. The Hall–Kier alpha value is -3.50. The Balaban J connectivity index is 1.67. The van der Waals surface area contributed by atoms with Crippen molar-refractivity contribution in [3.63, 3.8) is 0 Å². The number of aromatic nitrogens is 2. The molecule has 4 aromatic rings. The van der Waals surface area contributed by atoms with Gasteiger partial charge in [-0.1, -0.05) is 51.4 Å². The lowest BCUT2D eigenvalue weighted by atomic mass is 10.1. The monoisotopic (exact) mass is 541 g/mol. The number of aryl methyl sites for hydroxylation is 2. The van der Waals surface area contributed by atoms with Crippen LogP contribution in [0.3, 0.4) is 0 Å². The minimum absolute atomic E-state index is 0.00934. The maximum Gasteiger partial charge on any atom is 0.270 e. The predicted molar refractivity (Wildman–Crippen MR) is 130 cm³/mol. The lowest BCUT2D eigenvalue weighted by Gasteiger charge is -2.15. The summed E-state index contributed by atoms with van der Waals surface area (Å²) in [6.45, 7) is 2.80. The van der Waals surface area contributed by atoms with Crippen LogP contribution in [0.2, 0.25) is 0 Å². The van der Waals surface area contributed by atoms with Gasteiger partial charge < -0.3 is 9.09 Å². The zero-order valence-electron chi connectivity index (χ0n) is 18.3. The summed E-state index contributed by atoms with van der Waals surface area (Å²) in [5.74, 6) is -0.424. The smallest absolute Gasteiger partial charge is 0.270 e. The van der Waals surface area contributed by atoms with Crippen LogP contribution in [-0.4, -0.2) is 24.0 Å². The predicted octanol–water partition coefficient (Wildman–Crippen LogP) is 4.35. The van der Waals surface area contributed by atoms with Gasteiger partial charge in [0.15, 0.2) is 0 Å². The van der Waals surface area contributed by atoms with Crippen molar-refractivity contribution in [2.24, 2.45) is 0 Å². The van der Waals surface area contributed by atoms with E-state index in [1.165, 1.54) is 18.3 Å². The Bertz CT molecular complexity index is 1530. The van der Waals surface area contributed by atoms with Gasteiger partial charge in [-0.05, 0) is 55.3 Å². The molecular weight excluding hydrogens is 522 g/mol. The van der Waals surface area contributed by atoms with Gasteiger partial charge in [0.05, 0.1) is 16.7 Å². The Labute approximate surface area is 204 Å². The molecule has 10 heteroatoms. The molecule has 1 N–H and O–H groups in total. The molecule has 0 atom stereocenters. The molecule has 0 aliphatic carbocycles. The molecule has 0 saturated carbocycles. The number of carbonyl (C=O) groups is 1. The minimum atomic E-state index is -4.10. The number of benzene rings is 2. The number of halogens is 1. The summed E-state index contributed by atoms with van der Waals surface area (Å²) >= 11 is 3.27. The summed E-state index contributed by atoms with van der Waals surface area (Å²) in [5, 5.41) is 6.37. The fourth-order valence-electron chi connectivity index (χ4n) is 3.63. The van der Waals surface area contributed by atoms with Crippen molar-refractivity contribution in [1.29, 1.82) is 0 Å². The van der Waals surface area contributed by atoms with E-state index in [9.17, 15) is 18.0 Å². The molecule has 0 unspecified atom stereocenters. The number of amides is 1. The SMILES string of the molecule is Cc1cc(C)n(CC(=O)Nc2oncc2-c2ccccc2)c(=O)c1S(=O)(=O)c1ccc(Br)cc1. The summed E-state index contributed by atoms with van der Waals surface area (Å²) in [6.07, 6.45) is 1.48. The molecule has 2 heterocycles. The van der Waals surface area contributed by atoms with Crippen LogP contribution in [0, 0.1) is 13.8 Å². The Morgan fingerprint density at radius 1 is 1.09 bits per heavy atom. The van der Waals surface area contributed by atoms with Crippen molar-refractivity contribution in [1.82, 2.24) is 9.72 Å². The van der Waals surface area contributed by atoms with E-state index in [4.69, 9.17) is 4.52 Å². The van der Waals surface area contributed by atoms with Gasteiger partial charge in [-0.15, -0.1) is 0 Å². The zero-order chi connectivity index (χ0) is 24.5. The third-order valence-electron chi connectivity index (χ3n) is 5.25. The van der Waals surface area contributed by atoms with E-state index in [0.717, 1.165) is 10.1 Å². The maximum atomic E-state index is 13.3. The summed E-state index contributed by atoms with van der Waals surface area (Å²) in [5.41, 5.74) is 1.37. The highest BCUT2D eigenvalue weighted by atomic mass is 79.9. The van der Waals surface area contributed by atoms with Crippen molar-refractivity contribution >= 4 is 37.6 Å². The van der Waals surface area contributed by atoms with Gasteiger partial charge in [-0.25, -0.2) is 8.42 Å². The first-order valence-corrected chi connectivity index (χ1v) is 12.5. The molecule has 174 valence electrons. The molecule has 0 saturated heterocycles. The fourth-order valence-corrected chi connectivity index (χ4v) is 5.44. The molecule has 34 heavy (non-hydrogen) atoms. The van der Waals surface area contributed by atoms with Gasteiger partial charge in [0.25, 0.3) is 5.56 Å². The zero-order valence-corrected chi connectivity index (χ0v) is 20.7. The summed E-state index contributed by atoms with van der Waals surface area (Å²) < 4.78 is 33.5. The van der Waals surface area contributed by atoms with E-state index in [2.05, 4.69) is 26.4 Å². The number of pyridine rings is 1. The number of hydrogen-bond acceptors (Lipinski definition) is 6. The Morgan fingerprint density at radius 2 is 1.76 bits per heavy atom. The molecule has 0 fully saturated rings. The molecule has 0 aliphatic rings. The van der Waals surface area contributed by atoms with Gasteiger partial charge in [-0.2, -0.15) is 0 Å². The van der Waals surface area contributed by atoms with Gasteiger partial charge in [-0.3, -0.25) is 14.9 Å². The second kappa shape index (κ2) is 9.40. The van der Waals surface area contributed by atoms with Gasteiger partial charge in [0.2, 0.25) is 21.6 Å². The maximum absolute atomic E-state index is 13.3. The average Bonchev–Trinajstić information content (AvgIpc) is 3.25. The van der Waals surface area contributed by atoms with E-state index in [1.807, 2.05) is 30.3 Å². The highest BCUT2D eigenvalue weighted by Gasteiger charge is 2.26. The van der Waals surface area contributed by atoms with E-state index < -0.39 is 27.8 Å². The normalized spacial score (nSPS) is 11.4. The van der Waals surface area contributed by atoms with Gasteiger partial charge >= 0.3 is 0 Å². The van der Waals surface area contributed by atoms with Gasteiger partial charge in [0.1, 0.15) is 11.4 Å². The highest BCUT2D eigenvalue weighted by molar-refractivity contribution is 9.10. The highest BCUT2D eigenvalue weighted by Crippen LogP contribution is 2.27. The van der Waals surface area contributed by atoms with Crippen molar-refractivity contribution in [3.8, 4) is 11.1 Å². The molecule has 0 aliphatic heterocycles. The number of nitrogens with zero attached hydrogens (tertiary/aromatic N) is 2. The lowest BCUT2D eigenvalue weighted by Crippen LogP contribution is -2.33. The second-order valence-electron chi connectivity index (χ2n) is 7.63. The van der Waals surface area contributed by atoms with Crippen molar-refractivity contribution < 1.29 is 17.7 Å². The number of carbonyl (C=O) groups excluding carboxylic acids is 1. The Kier molecular flexibility index (Phi) is 6.54. The standard InChI is InChI=1S/C24H20BrN3O5S/c1-15-12-16(2)28(24(30)22(15)34(31,32)19-10-8-18(25)9-11-19)14-21(29)27-23-20(13-26-33-23)17-6-4-3-5-7-17/h3-13H,14H2,1-2H3,(H,27,29). The summed E-state index contributed by atoms with van der Waals surface area (Å²) in [4.78, 5) is 25.7. The fraction of sp³-hybridized carbons (Fsp3) is 0.125. The van der Waals surface area contributed by atoms with Gasteiger partial charge in [0, 0.05) is 10.2 Å². The van der Waals surface area contributed by atoms with E-state index in [1.54, 1.807) is 32.0 Å². The van der Waals surface area contributed by atoms with Crippen molar-refractivity contribution in [2.75, 3.05) is 5.32 Å². The van der Waals surface area contributed by atoms with Crippen LogP contribution >= 0.6 is 15.9 Å². The summed E-state index contributed by atoms with van der Waals surface area (Å²) in [6, 6.07) is 16.8. The average molecular weight is 542 g/mol. The third kappa shape index (κ3) is 4.59. The molecule has 0 spiro atoms. The molecule has 4 rings (SSSR count). The van der Waals surface area contributed by atoms with Crippen LogP contribution in [0.1, 0.15) is 11.3 Å². The molecule has 8 nitrogen and oxygen atoms in total. The van der Waals surface area contributed by atoms with Crippen molar-refractivity contribution in [2.45, 2.75) is 30.2 Å². The molecule has 1 amide bonds. The lowest BCUT2D eigenvalue weighted by molar-refractivity contribution is -0.116. The molecule has 2 aromatic heterocycles. The first-order chi connectivity index (χ1) is 16.2. The van der Waals surface area contributed by atoms with E-state index in [-0.39, 0.29) is 15.7 Å². The molecule has 0 bridgehead atoms. The molecule has 2 aromatic carbocycles. The van der Waals surface area contributed by atoms with Crippen LogP contribution < -0.4 is 10.9 Å². The Morgan fingerprint density at radius 3 is 2.44 bits per heavy atom. The van der Waals surface area contributed by atoms with Crippen LogP contribution in [0.4, 0.5) is 5.88 Å². The number of anilines is 1. The second-order valence-corrected chi connectivity index (χ2v) is 10.4. The van der Waals surface area contributed by atoms with E-state index in [0.29, 0.717) is 21.3 Å². The van der Waals surface area contributed by atoms with Crippen LogP contribution in [-0.2, 0) is 21.2 Å². The first-order valence-electron chi connectivity index (χ1n) is 10.2. The summed E-state index contributed by atoms with van der Waals surface area (Å²) in [7, 11) is -4.10. The number of sulfone groups is 1. The quantitative estimate of drug-likeness (QED) is 0.388. The van der Waals surface area contributed by atoms with Crippen molar-refractivity contribution in [3.05, 3.63) is 92.9 Å². The third-order valence-corrected chi connectivity index (χ3v) is 7.71. The number of rotatable bonds is 6. The van der Waals surface area contributed by atoms with E-state index >= 15 is 0 Å².